The van der Waals surface area contributed by atoms with Gasteiger partial charge in [0.1, 0.15) is 22.9 Å². The highest BCUT2D eigenvalue weighted by molar-refractivity contribution is 6.05. The number of benzene rings is 1. The predicted molar refractivity (Wildman–Crippen MR) is 78.3 cm³/mol. The monoisotopic (exact) mass is 320 g/mol. The Bertz CT molecular complexity index is 778. The second-order valence-corrected chi connectivity index (χ2v) is 4.41. The summed E-state index contributed by atoms with van der Waals surface area (Å²) in [5.74, 6) is -3.65. The molecule has 2 N–H and O–H groups in total. The highest BCUT2D eigenvalue weighted by Crippen LogP contribution is 2.24. The summed E-state index contributed by atoms with van der Waals surface area (Å²) in [6, 6.07) is 4.38. The Balaban J connectivity index is 2.22. The molecule has 2 rings (SSSR count). The Morgan fingerprint density at radius 1 is 1.13 bits per heavy atom. The molecule has 0 aliphatic carbocycles. The van der Waals surface area contributed by atoms with E-state index in [4.69, 9.17) is 0 Å². The average Bonchev–Trinajstić information content (AvgIpc) is 2.49. The summed E-state index contributed by atoms with van der Waals surface area (Å²) < 4.78 is 27.5. The van der Waals surface area contributed by atoms with Crippen molar-refractivity contribution in [1.29, 1.82) is 0 Å². The largest absolute Gasteiger partial charge is 0.320 e. The molecule has 0 saturated heterocycles. The summed E-state index contributed by atoms with van der Waals surface area (Å²) >= 11 is 0. The second kappa shape index (κ2) is 6.69. The number of nitroso groups, excluding NO2 is 1. The Hall–Kier alpha value is -3.23. The molecule has 0 spiro atoms. The van der Waals surface area contributed by atoms with Crippen LogP contribution in [0.25, 0.3) is 0 Å². The van der Waals surface area contributed by atoms with Gasteiger partial charge in [-0.3, -0.25) is 9.59 Å². The van der Waals surface area contributed by atoms with Crippen LogP contribution in [-0.4, -0.2) is 16.8 Å². The van der Waals surface area contributed by atoms with Crippen LogP contribution in [0.5, 0.6) is 0 Å². The van der Waals surface area contributed by atoms with Crippen molar-refractivity contribution in [3.63, 3.8) is 0 Å². The molecule has 0 atom stereocenters. The molecule has 23 heavy (non-hydrogen) atoms. The van der Waals surface area contributed by atoms with Crippen LogP contribution in [0.1, 0.15) is 17.3 Å². The summed E-state index contributed by atoms with van der Waals surface area (Å²) in [5.41, 5.74) is -1.45. The fourth-order valence-electron chi connectivity index (χ4n) is 1.74. The first-order valence-electron chi connectivity index (χ1n) is 6.28. The predicted octanol–water partition coefficient (Wildman–Crippen LogP) is 2.97. The lowest BCUT2D eigenvalue weighted by molar-refractivity contribution is -0.114. The van der Waals surface area contributed by atoms with E-state index < -0.39 is 28.8 Å². The lowest BCUT2D eigenvalue weighted by atomic mass is 10.1. The van der Waals surface area contributed by atoms with Gasteiger partial charge in [-0.25, -0.2) is 13.8 Å². The molecule has 1 aromatic carbocycles. The number of carbonyl (C=O) groups is 2. The van der Waals surface area contributed by atoms with Crippen LogP contribution >= 0.6 is 0 Å². The molecule has 2 aromatic rings. The normalized spacial score (nSPS) is 10.0. The van der Waals surface area contributed by atoms with Gasteiger partial charge in [-0.1, -0.05) is 0 Å². The van der Waals surface area contributed by atoms with E-state index in [-0.39, 0.29) is 17.4 Å². The average molecular weight is 320 g/mol. The Kier molecular flexibility index (Phi) is 4.69. The van der Waals surface area contributed by atoms with Crippen molar-refractivity contribution in [1.82, 2.24) is 4.98 Å². The van der Waals surface area contributed by atoms with Crippen molar-refractivity contribution in [2.75, 3.05) is 10.6 Å². The van der Waals surface area contributed by atoms with Crippen molar-refractivity contribution in [3.8, 4) is 0 Å². The van der Waals surface area contributed by atoms with Gasteiger partial charge >= 0.3 is 0 Å². The van der Waals surface area contributed by atoms with E-state index in [1.165, 1.54) is 25.3 Å². The molecule has 118 valence electrons. The minimum Gasteiger partial charge on any atom is -0.320 e. The minimum atomic E-state index is -1.35. The quantitative estimate of drug-likeness (QED) is 0.846. The van der Waals surface area contributed by atoms with Crippen LogP contribution in [0.15, 0.2) is 35.6 Å². The molecule has 0 radical (unpaired) electrons. The van der Waals surface area contributed by atoms with Gasteiger partial charge in [0.25, 0.3) is 5.91 Å². The van der Waals surface area contributed by atoms with Crippen LogP contribution in [0.4, 0.5) is 26.0 Å². The highest BCUT2D eigenvalue weighted by atomic mass is 19.1. The third-order valence-electron chi connectivity index (χ3n) is 2.72. The molecule has 0 aliphatic heterocycles. The maximum absolute atomic E-state index is 13.8. The fraction of sp³-hybridized carbons (Fsp3) is 0.0714. The second-order valence-electron chi connectivity index (χ2n) is 4.41. The van der Waals surface area contributed by atoms with Gasteiger partial charge in [-0.05, 0) is 29.4 Å². The van der Waals surface area contributed by atoms with Gasteiger partial charge in [0.05, 0.1) is 11.9 Å². The molecule has 1 heterocycles. The molecule has 9 heteroatoms. The third-order valence-corrected chi connectivity index (χ3v) is 2.72. The number of hydrogen-bond acceptors (Lipinski definition) is 5. The molecule has 0 saturated carbocycles. The third kappa shape index (κ3) is 3.70. The number of nitrogens with zero attached hydrogens (tertiary/aromatic N) is 2. The van der Waals surface area contributed by atoms with E-state index in [1.807, 2.05) is 0 Å². The zero-order chi connectivity index (χ0) is 17.0. The van der Waals surface area contributed by atoms with Crippen LogP contribution in [0.3, 0.4) is 0 Å². The topological polar surface area (TPSA) is 101 Å². The fourth-order valence-corrected chi connectivity index (χ4v) is 1.74. The number of aromatic nitrogens is 1. The van der Waals surface area contributed by atoms with Crippen LogP contribution in [0.2, 0.25) is 0 Å². The van der Waals surface area contributed by atoms with Crippen molar-refractivity contribution >= 4 is 29.0 Å². The first-order chi connectivity index (χ1) is 10.9. The van der Waals surface area contributed by atoms with Crippen LogP contribution in [-0.2, 0) is 4.79 Å². The number of halogens is 2. The van der Waals surface area contributed by atoms with E-state index in [2.05, 4.69) is 20.8 Å². The van der Waals surface area contributed by atoms with E-state index in [1.54, 1.807) is 0 Å². The lowest BCUT2D eigenvalue weighted by Gasteiger charge is -2.08. The van der Waals surface area contributed by atoms with Crippen LogP contribution in [0, 0.1) is 16.5 Å². The summed E-state index contributed by atoms with van der Waals surface area (Å²) in [7, 11) is 0. The summed E-state index contributed by atoms with van der Waals surface area (Å²) in [4.78, 5) is 37.1. The maximum Gasteiger partial charge on any atom is 0.261 e. The molecule has 2 amide bonds. The maximum atomic E-state index is 13.8. The molecule has 0 bridgehead atoms. The number of amides is 2. The van der Waals surface area contributed by atoms with Gasteiger partial charge in [0.15, 0.2) is 5.82 Å². The molecule has 0 aliphatic rings. The molecular weight excluding hydrogens is 310 g/mol. The minimum absolute atomic E-state index is 0.146. The number of rotatable bonds is 4. The van der Waals surface area contributed by atoms with Crippen LogP contribution < -0.4 is 10.6 Å². The highest BCUT2D eigenvalue weighted by Gasteiger charge is 2.21. The van der Waals surface area contributed by atoms with E-state index >= 15 is 0 Å². The zero-order valence-electron chi connectivity index (χ0n) is 11.8. The molecule has 7 nitrogen and oxygen atoms in total. The standard InChI is InChI=1S/C14H10F2N4O3/c1-7(21)18-11-5-2-8(6-17-11)19-14(22)12-9(15)3-4-10(20-23)13(12)16/h2-6H,1H3,(H,19,22)(H,17,18,21). The summed E-state index contributed by atoms with van der Waals surface area (Å²) in [6.45, 7) is 1.30. The van der Waals surface area contributed by atoms with E-state index in [0.717, 1.165) is 12.1 Å². The van der Waals surface area contributed by atoms with Gasteiger partial charge in [0.2, 0.25) is 5.91 Å². The summed E-state index contributed by atoms with van der Waals surface area (Å²) in [6.07, 6.45) is 1.20. The molecule has 1 aromatic heterocycles. The zero-order valence-corrected chi connectivity index (χ0v) is 11.8. The molecule has 0 unspecified atom stereocenters. The smallest absolute Gasteiger partial charge is 0.261 e. The Labute approximate surface area is 128 Å². The van der Waals surface area contributed by atoms with Gasteiger partial charge in [-0.2, -0.15) is 0 Å². The SMILES string of the molecule is CC(=O)Nc1ccc(NC(=O)c2c(F)ccc(N=O)c2F)cn1. The molecule has 0 fully saturated rings. The van der Waals surface area contributed by atoms with E-state index in [9.17, 15) is 23.3 Å². The first-order valence-corrected chi connectivity index (χ1v) is 6.28. The first kappa shape index (κ1) is 16.1. The van der Waals surface area contributed by atoms with Gasteiger partial charge in [-0.15, -0.1) is 4.91 Å². The van der Waals surface area contributed by atoms with Crippen molar-refractivity contribution in [3.05, 3.63) is 52.6 Å². The van der Waals surface area contributed by atoms with Crippen molar-refractivity contribution in [2.24, 2.45) is 5.18 Å². The van der Waals surface area contributed by atoms with Gasteiger partial charge < -0.3 is 10.6 Å². The number of nitrogens with one attached hydrogen (secondary N) is 2. The number of hydrogen-bond donors (Lipinski definition) is 2. The number of carbonyl (C=O) groups excluding carboxylic acids is 2. The lowest BCUT2D eigenvalue weighted by Crippen LogP contribution is -2.16. The van der Waals surface area contributed by atoms with Crippen molar-refractivity contribution in [2.45, 2.75) is 6.92 Å². The van der Waals surface area contributed by atoms with Gasteiger partial charge in [0, 0.05) is 6.92 Å². The number of pyridine rings is 1. The Morgan fingerprint density at radius 3 is 2.43 bits per heavy atom. The van der Waals surface area contributed by atoms with Crippen molar-refractivity contribution < 1.29 is 18.4 Å². The summed E-state index contributed by atoms with van der Waals surface area (Å²) in [5, 5.41) is 7.03. The Morgan fingerprint density at radius 2 is 1.87 bits per heavy atom. The molecular formula is C14H10F2N4O3. The number of anilines is 2. The van der Waals surface area contributed by atoms with E-state index in [0.29, 0.717) is 0 Å².